The van der Waals surface area contributed by atoms with E-state index in [4.69, 9.17) is 9.84 Å². The van der Waals surface area contributed by atoms with Gasteiger partial charge in [0.2, 0.25) is 0 Å². The number of carbonyl (C=O) groups is 1. The summed E-state index contributed by atoms with van der Waals surface area (Å²) in [4.78, 5) is 10.9. The maximum atomic E-state index is 10.9. The Labute approximate surface area is 72.9 Å². The van der Waals surface area contributed by atoms with E-state index in [0.29, 0.717) is 6.54 Å². The molecule has 12 heavy (non-hydrogen) atoms. The Morgan fingerprint density at radius 3 is 2.50 bits per heavy atom. The first-order valence-electron chi connectivity index (χ1n) is 4.10. The van der Waals surface area contributed by atoms with Crippen LogP contribution in [0.1, 0.15) is 20.8 Å². The third-order valence-electron chi connectivity index (χ3n) is 1.08. The average molecular weight is 175 g/mol. The number of esters is 1. The molecule has 2 N–H and O–H groups in total. The number of rotatable bonds is 5. The number of nitrogens with one attached hydrogen (secondary N) is 1. The van der Waals surface area contributed by atoms with Crippen molar-refractivity contribution in [3.63, 3.8) is 0 Å². The third kappa shape index (κ3) is 7.50. The summed E-state index contributed by atoms with van der Waals surface area (Å²) < 4.78 is 4.85. The van der Waals surface area contributed by atoms with Crippen molar-refractivity contribution in [2.24, 2.45) is 0 Å². The van der Waals surface area contributed by atoms with Crippen LogP contribution in [0.5, 0.6) is 0 Å². The maximum absolute atomic E-state index is 10.9. The van der Waals surface area contributed by atoms with E-state index in [2.05, 4.69) is 5.32 Å². The summed E-state index contributed by atoms with van der Waals surface area (Å²) in [6.45, 7) is 5.82. The first-order chi connectivity index (χ1) is 5.52. The van der Waals surface area contributed by atoms with Crippen LogP contribution >= 0.6 is 0 Å². The highest BCUT2D eigenvalue weighted by Crippen LogP contribution is 1.87. The predicted molar refractivity (Wildman–Crippen MR) is 45.8 cm³/mol. The Bertz CT molecular complexity index is 134. The van der Waals surface area contributed by atoms with Crippen molar-refractivity contribution in [2.75, 3.05) is 13.1 Å². The second kappa shape index (κ2) is 5.97. The van der Waals surface area contributed by atoms with Crippen molar-refractivity contribution >= 4 is 5.97 Å². The highest BCUT2D eigenvalue weighted by atomic mass is 16.5. The molecule has 0 amide bonds. The van der Waals surface area contributed by atoms with E-state index >= 15 is 0 Å². The van der Waals surface area contributed by atoms with Gasteiger partial charge >= 0.3 is 5.97 Å². The van der Waals surface area contributed by atoms with Gasteiger partial charge in [0, 0.05) is 6.54 Å². The van der Waals surface area contributed by atoms with E-state index in [1.807, 2.05) is 0 Å². The Kier molecular flexibility index (Phi) is 5.66. The molecule has 0 bridgehead atoms. The fourth-order valence-corrected chi connectivity index (χ4v) is 0.688. The van der Waals surface area contributed by atoms with Gasteiger partial charge in [-0.1, -0.05) is 0 Å². The molecule has 0 radical (unpaired) electrons. The van der Waals surface area contributed by atoms with Gasteiger partial charge in [0.25, 0.3) is 0 Å². The minimum atomic E-state index is -0.433. The lowest BCUT2D eigenvalue weighted by molar-refractivity contribution is -0.146. The van der Waals surface area contributed by atoms with Gasteiger partial charge in [0.05, 0.1) is 18.8 Å². The summed E-state index contributed by atoms with van der Waals surface area (Å²) in [6, 6.07) is 0. The monoisotopic (exact) mass is 175 g/mol. The van der Waals surface area contributed by atoms with E-state index in [1.54, 1.807) is 20.8 Å². The molecule has 0 aliphatic rings. The van der Waals surface area contributed by atoms with Gasteiger partial charge in [0.15, 0.2) is 0 Å². The maximum Gasteiger partial charge on any atom is 0.320 e. The molecule has 4 nitrogen and oxygen atoms in total. The van der Waals surface area contributed by atoms with Crippen LogP contribution < -0.4 is 5.32 Å². The van der Waals surface area contributed by atoms with Crippen LogP contribution in [0.25, 0.3) is 0 Å². The Hall–Kier alpha value is -0.610. The zero-order valence-corrected chi connectivity index (χ0v) is 7.83. The molecule has 4 heteroatoms. The molecule has 0 rings (SSSR count). The highest BCUT2D eigenvalue weighted by Gasteiger charge is 2.04. The van der Waals surface area contributed by atoms with Crippen molar-refractivity contribution in [3.8, 4) is 0 Å². The zero-order valence-electron chi connectivity index (χ0n) is 7.83. The van der Waals surface area contributed by atoms with Crippen molar-refractivity contribution in [1.29, 1.82) is 0 Å². The van der Waals surface area contributed by atoms with Gasteiger partial charge in [-0.05, 0) is 20.8 Å². The van der Waals surface area contributed by atoms with Gasteiger partial charge in [-0.15, -0.1) is 0 Å². The highest BCUT2D eigenvalue weighted by molar-refractivity contribution is 5.71. The summed E-state index contributed by atoms with van der Waals surface area (Å²) in [6.07, 6.45) is -0.511. The van der Waals surface area contributed by atoms with Crippen molar-refractivity contribution in [2.45, 2.75) is 33.0 Å². The molecule has 1 unspecified atom stereocenters. The summed E-state index contributed by atoms with van der Waals surface area (Å²) >= 11 is 0. The Morgan fingerprint density at radius 2 is 2.08 bits per heavy atom. The topological polar surface area (TPSA) is 58.6 Å². The molecular weight excluding hydrogens is 158 g/mol. The molecule has 0 spiro atoms. The van der Waals surface area contributed by atoms with Crippen LogP contribution in [-0.4, -0.2) is 36.4 Å². The fraction of sp³-hybridized carbons (Fsp3) is 0.875. The average Bonchev–Trinajstić information content (AvgIpc) is 1.84. The Balaban J connectivity index is 3.32. The molecule has 0 aromatic rings. The van der Waals surface area contributed by atoms with Crippen LogP contribution in [0, 0.1) is 0 Å². The summed E-state index contributed by atoms with van der Waals surface area (Å²) in [5.41, 5.74) is 0. The lowest BCUT2D eigenvalue weighted by Gasteiger charge is -2.09. The van der Waals surface area contributed by atoms with E-state index in [1.165, 1.54) is 0 Å². The van der Waals surface area contributed by atoms with Gasteiger partial charge in [-0.3, -0.25) is 4.79 Å². The summed E-state index contributed by atoms with van der Waals surface area (Å²) in [5.74, 6) is -0.286. The number of carbonyl (C=O) groups excluding carboxylic acids is 1. The number of aliphatic hydroxyl groups is 1. The van der Waals surface area contributed by atoms with Crippen molar-refractivity contribution in [1.82, 2.24) is 5.32 Å². The van der Waals surface area contributed by atoms with E-state index in [-0.39, 0.29) is 18.6 Å². The number of ether oxygens (including phenoxy) is 1. The van der Waals surface area contributed by atoms with Crippen molar-refractivity contribution < 1.29 is 14.6 Å². The molecule has 72 valence electrons. The zero-order chi connectivity index (χ0) is 9.56. The molecule has 1 atom stereocenters. The van der Waals surface area contributed by atoms with Crippen LogP contribution in [0.4, 0.5) is 0 Å². The number of aliphatic hydroxyl groups excluding tert-OH is 1. The molecule has 0 saturated carbocycles. The van der Waals surface area contributed by atoms with E-state index in [9.17, 15) is 4.79 Å². The number of hydrogen-bond acceptors (Lipinski definition) is 4. The minimum absolute atomic E-state index is 0.0779. The quantitative estimate of drug-likeness (QED) is 0.573. The fourth-order valence-electron chi connectivity index (χ4n) is 0.688. The minimum Gasteiger partial charge on any atom is -0.462 e. The van der Waals surface area contributed by atoms with Gasteiger partial charge < -0.3 is 15.2 Å². The van der Waals surface area contributed by atoms with E-state index in [0.717, 1.165) is 0 Å². The SMILES string of the molecule is CC(O)CNCC(=O)OC(C)C. The van der Waals surface area contributed by atoms with E-state index < -0.39 is 6.10 Å². The second-order valence-corrected chi connectivity index (χ2v) is 3.02. The molecule has 0 saturated heterocycles. The van der Waals surface area contributed by atoms with Gasteiger partial charge in [-0.2, -0.15) is 0 Å². The molecular formula is C8H17NO3. The first-order valence-corrected chi connectivity index (χ1v) is 4.10. The lowest BCUT2D eigenvalue weighted by atomic mass is 10.4. The normalized spacial score (nSPS) is 13.1. The van der Waals surface area contributed by atoms with Crippen molar-refractivity contribution in [3.05, 3.63) is 0 Å². The second-order valence-electron chi connectivity index (χ2n) is 3.02. The van der Waals surface area contributed by atoms with Gasteiger partial charge in [-0.25, -0.2) is 0 Å². The number of hydrogen-bond donors (Lipinski definition) is 2. The first kappa shape index (κ1) is 11.4. The molecule has 0 fully saturated rings. The largest absolute Gasteiger partial charge is 0.462 e. The van der Waals surface area contributed by atoms with Crippen LogP contribution in [0.15, 0.2) is 0 Å². The standard InChI is InChI=1S/C8H17NO3/c1-6(2)12-8(11)5-9-4-7(3)10/h6-7,9-10H,4-5H2,1-3H3. The van der Waals surface area contributed by atoms with Crippen LogP contribution in [0.2, 0.25) is 0 Å². The lowest BCUT2D eigenvalue weighted by Crippen LogP contribution is -2.31. The van der Waals surface area contributed by atoms with Gasteiger partial charge in [0.1, 0.15) is 0 Å². The smallest absolute Gasteiger partial charge is 0.320 e. The molecule has 0 aliphatic heterocycles. The Morgan fingerprint density at radius 1 is 1.50 bits per heavy atom. The predicted octanol–water partition coefficient (Wildman–Crippen LogP) is -0.0916. The molecule has 0 heterocycles. The third-order valence-corrected chi connectivity index (χ3v) is 1.08. The summed E-state index contributed by atoms with van der Waals surface area (Å²) in [5, 5.41) is 11.6. The van der Waals surface area contributed by atoms with Crippen LogP contribution in [-0.2, 0) is 9.53 Å². The molecule has 0 aromatic carbocycles. The van der Waals surface area contributed by atoms with Crippen LogP contribution in [0.3, 0.4) is 0 Å². The summed E-state index contributed by atoms with van der Waals surface area (Å²) in [7, 11) is 0. The molecule has 0 aromatic heterocycles. The molecule has 0 aliphatic carbocycles.